The van der Waals surface area contributed by atoms with Crippen LogP contribution in [0, 0.1) is 0 Å². The van der Waals surface area contributed by atoms with Crippen molar-refractivity contribution in [3.8, 4) is 0 Å². The summed E-state index contributed by atoms with van der Waals surface area (Å²) in [5.74, 6) is 1.15. The van der Waals surface area contributed by atoms with Gasteiger partial charge in [-0.3, -0.25) is 4.79 Å². The molecule has 0 saturated heterocycles. The van der Waals surface area contributed by atoms with E-state index in [1.807, 2.05) is 41.3 Å². The first-order chi connectivity index (χ1) is 12.3. The van der Waals surface area contributed by atoms with Crippen molar-refractivity contribution < 1.29 is 9.32 Å². The van der Waals surface area contributed by atoms with Crippen LogP contribution in [0.15, 0.2) is 71.4 Å². The van der Waals surface area contributed by atoms with Gasteiger partial charge in [-0.25, -0.2) is 0 Å². The molecule has 0 atom stereocenters. The van der Waals surface area contributed by atoms with Gasteiger partial charge >= 0.3 is 0 Å². The molecule has 1 aliphatic rings. The van der Waals surface area contributed by atoms with Crippen LogP contribution in [0.2, 0.25) is 0 Å². The van der Waals surface area contributed by atoms with E-state index in [0.29, 0.717) is 19.5 Å². The molecule has 3 aromatic rings. The van der Waals surface area contributed by atoms with Gasteiger partial charge in [-0.1, -0.05) is 65.8 Å². The summed E-state index contributed by atoms with van der Waals surface area (Å²) in [4.78, 5) is 14.9. The van der Waals surface area contributed by atoms with Crippen LogP contribution in [0.25, 0.3) is 0 Å². The molecule has 0 unspecified atom stereocenters. The number of hydrogen-bond acceptors (Lipinski definition) is 3. The number of amides is 1. The molecular formula is C21H20N2O2. The highest BCUT2D eigenvalue weighted by Crippen LogP contribution is 2.29. The van der Waals surface area contributed by atoms with E-state index in [1.165, 1.54) is 11.1 Å². The van der Waals surface area contributed by atoms with E-state index in [4.69, 9.17) is 4.52 Å². The Morgan fingerprint density at radius 2 is 1.68 bits per heavy atom. The zero-order valence-electron chi connectivity index (χ0n) is 14.0. The maximum Gasteiger partial charge on any atom is 0.223 e. The van der Waals surface area contributed by atoms with Crippen LogP contribution in [0.4, 0.5) is 0 Å². The van der Waals surface area contributed by atoms with E-state index in [1.54, 1.807) is 6.20 Å². The number of rotatable bonds is 4. The van der Waals surface area contributed by atoms with Gasteiger partial charge in [-0.2, -0.15) is 0 Å². The molecule has 1 aromatic heterocycles. The van der Waals surface area contributed by atoms with Crippen LogP contribution in [-0.2, 0) is 17.8 Å². The summed E-state index contributed by atoms with van der Waals surface area (Å²) < 4.78 is 5.22. The van der Waals surface area contributed by atoms with Crippen molar-refractivity contribution in [2.24, 2.45) is 0 Å². The Morgan fingerprint density at radius 3 is 2.32 bits per heavy atom. The van der Waals surface area contributed by atoms with Crippen LogP contribution in [-0.4, -0.2) is 22.5 Å². The third kappa shape index (κ3) is 3.33. The number of aromatic nitrogens is 1. The Hall–Kier alpha value is -2.88. The van der Waals surface area contributed by atoms with Crippen LogP contribution in [0.3, 0.4) is 0 Å². The van der Waals surface area contributed by atoms with E-state index in [0.717, 1.165) is 17.7 Å². The summed E-state index contributed by atoms with van der Waals surface area (Å²) in [6.07, 6.45) is 2.93. The van der Waals surface area contributed by atoms with Gasteiger partial charge in [-0.15, -0.1) is 0 Å². The first-order valence-electron chi connectivity index (χ1n) is 8.61. The minimum atomic E-state index is 0.0683. The molecule has 0 fully saturated rings. The van der Waals surface area contributed by atoms with Crippen LogP contribution in [0.1, 0.15) is 34.8 Å². The summed E-state index contributed by atoms with van der Waals surface area (Å²) in [5, 5.41) is 3.84. The molecule has 0 bridgehead atoms. The molecule has 1 aliphatic heterocycles. The molecule has 0 aliphatic carbocycles. The second-order valence-electron chi connectivity index (χ2n) is 6.42. The lowest BCUT2D eigenvalue weighted by Crippen LogP contribution is -2.36. The lowest BCUT2D eigenvalue weighted by atomic mass is 9.88. The molecule has 4 rings (SSSR count). The Kier molecular flexibility index (Phi) is 4.34. The zero-order valence-corrected chi connectivity index (χ0v) is 14.0. The van der Waals surface area contributed by atoms with Crippen molar-refractivity contribution >= 4 is 5.91 Å². The fourth-order valence-corrected chi connectivity index (χ4v) is 3.46. The van der Waals surface area contributed by atoms with Gasteiger partial charge < -0.3 is 9.42 Å². The molecular weight excluding hydrogens is 312 g/mol. The van der Waals surface area contributed by atoms with Gasteiger partial charge in [0.1, 0.15) is 5.76 Å². The van der Waals surface area contributed by atoms with Gasteiger partial charge in [0.05, 0.1) is 12.7 Å². The first kappa shape index (κ1) is 15.6. The maximum atomic E-state index is 13.0. The molecule has 1 amide bonds. The summed E-state index contributed by atoms with van der Waals surface area (Å²) >= 11 is 0. The van der Waals surface area contributed by atoms with E-state index in [-0.39, 0.29) is 11.8 Å². The van der Waals surface area contributed by atoms with Gasteiger partial charge in [0.25, 0.3) is 0 Å². The second-order valence-corrected chi connectivity index (χ2v) is 6.42. The molecule has 126 valence electrons. The molecule has 0 N–H and O–H groups in total. The van der Waals surface area contributed by atoms with Gasteiger partial charge in [0.2, 0.25) is 5.91 Å². The number of fused-ring (bicyclic) bond motifs is 1. The monoisotopic (exact) mass is 332 g/mol. The highest BCUT2D eigenvalue weighted by atomic mass is 16.5. The van der Waals surface area contributed by atoms with Crippen molar-refractivity contribution in [3.63, 3.8) is 0 Å². The summed E-state index contributed by atoms with van der Waals surface area (Å²) in [6.45, 7) is 1.28. The first-order valence-corrected chi connectivity index (χ1v) is 8.61. The smallest absolute Gasteiger partial charge is 0.223 e. The van der Waals surface area contributed by atoms with Crippen molar-refractivity contribution in [2.75, 3.05) is 6.54 Å². The second kappa shape index (κ2) is 6.93. The van der Waals surface area contributed by atoms with Gasteiger partial charge in [0.15, 0.2) is 0 Å². The van der Waals surface area contributed by atoms with Crippen molar-refractivity contribution in [1.82, 2.24) is 10.1 Å². The van der Waals surface area contributed by atoms with Crippen molar-refractivity contribution in [1.29, 1.82) is 0 Å². The number of benzene rings is 2. The molecule has 2 aromatic carbocycles. The summed E-state index contributed by atoms with van der Waals surface area (Å²) in [7, 11) is 0. The highest BCUT2D eigenvalue weighted by molar-refractivity contribution is 5.78. The molecule has 4 heteroatoms. The maximum absolute atomic E-state index is 13.0. The Morgan fingerprint density at radius 1 is 1.04 bits per heavy atom. The van der Waals surface area contributed by atoms with Crippen LogP contribution < -0.4 is 0 Å². The molecule has 2 heterocycles. The third-order valence-electron chi connectivity index (χ3n) is 4.83. The minimum absolute atomic E-state index is 0.0683. The van der Waals surface area contributed by atoms with E-state index in [9.17, 15) is 4.79 Å². The summed E-state index contributed by atoms with van der Waals surface area (Å²) in [6, 6.07) is 20.5. The highest BCUT2D eigenvalue weighted by Gasteiger charge is 2.26. The predicted octanol–water partition coefficient (Wildman–Crippen LogP) is 3.78. The fourth-order valence-electron chi connectivity index (χ4n) is 3.46. The average Bonchev–Trinajstić information content (AvgIpc) is 3.15. The van der Waals surface area contributed by atoms with Crippen LogP contribution >= 0.6 is 0 Å². The zero-order chi connectivity index (χ0) is 17.1. The van der Waals surface area contributed by atoms with Gasteiger partial charge in [-0.05, 0) is 11.1 Å². The lowest BCUT2D eigenvalue weighted by Gasteiger charge is -2.28. The average molecular weight is 332 g/mol. The fraction of sp³-hybridized carbons (Fsp3) is 0.238. The minimum Gasteiger partial charge on any atom is -0.361 e. The SMILES string of the molecule is O=C(CC(c1ccccc1)c1ccccc1)N1CCc2oncc2C1. The number of hydrogen-bond donors (Lipinski definition) is 0. The molecule has 0 saturated carbocycles. The van der Waals surface area contributed by atoms with E-state index < -0.39 is 0 Å². The molecule has 0 radical (unpaired) electrons. The lowest BCUT2D eigenvalue weighted by molar-refractivity contribution is -0.132. The van der Waals surface area contributed by atoms with Crippen molar-refractivity contribution in [2.45, 2.75) is 25.3 Å². The Balaban J connectivity index is 1.56. The topological polar surface area (TPSA) is 46.3 Å². The largest absolute Gasteiger partial charge is 0.361 e. The quantitative estimate of drug-likeness (QED) is 0.730. The number of nitrogens with zero attached hydrogens (tertiary/aromatic N) is 2. The van der Waals surface area contributed by atoms with Gasteiger partial charge in [0, 0.05) is 30.9 Å². The summed E-state index contributed by atoms with van der Waals surface area (Å²) in [5.41, 5.74) is 3.37. The van der Waals surface area contributed by atoms with Crippen molar-refractivity contribution in [3.05, 3.63) is 89.3 Å². The molecule has 0 spiro atoms. The molecule has 4 nitrogen and oxygen atoms in total. The number of carbonyl (C=O) groups is 1. The Labute approximate surface area is 147 Å². The number of carbonyl (C=O) groups excluding carboxylic acids is 1. The third-order valence-corrected chi connectivity index (χ3v) is 4.83. The standard InChI is InChI=1S/C21H20N2O2/c24-21(23-12-11-20-18(15-23)14-22-25-20)13-19(16-7-3-1-4-8-16)17-9-5-2-6-10-17/h1-10,14,19H,11-13,15H2. The normalized spacial score (nSPS) is 13.7. The molecule has 25 heavy (non-hydrogen) atoms. The Bertz CT molecular complexity index is 803. The van der Waals surface area contributed by atoms with E-state index in [2.05, 4.69) is 29.4 Å². The predicted molar refractivity (Wildman–Crippen MR) is 95.0 cm³/mol. The van der Waals surface area contributed by atoms with Crippen LogP contribution in [0.5, 0.6) is 0 Å². The van der Waals surface area contributed by atoms with E-state index >= 15 is 0 Å².